The second-order valence-corrected chi connectivity index (χ2v) is 9.09. The largest absolute Gasteiger partial charge is 0.383 e. The molecule has 1 aliphatic rings. The molecule has 0 saturated carbocycles. The van der Waals surface area contributed by atoms with Crippen molar-refractivity contribution in [2.24, 2.45) is 0 Å². The maximum atomic E-state index is 13.4. The Morgan fingerprint density at radius 3 is 2.53 bits per heavy atom. The lowest BCUT2D eigenvalue weighted by molar-refractivity contribution is 0.0681. The number of hydrogen-bond donors (Lipinski definition) is 0. The van der Waals surface area contributed by atoms with E-state index < -0.39 is 0 Å². The van der Waals surface area contributed by atoms with E-state index in [1.54, 1.807) is 7.11 Å². The molecule has 2 aromatic carbocycles. The summed E-state index contributed by atoms with van der Waals surface area (Å²) in [7, 11) is 1.65. The van der Waals surface area contributed by atoms with Crippen molar-refractivity contribution in [3.8, 4) is 11.3 Å². The van der Waals surface area contributed by atoms with Gasteiger partial charge < -0.3 is 19.1 Å². The Morgan fingerprint density at radius 2 is 1.84 bits per heavy atom. The van der Waals surface area contributed by atoms with Crippen molar-refractivity contribution in [2.45, 2.75) is 13.5 Å². The van der Waals surface area contributed by atoms with E-state index in [1.807, 2.05) is 78.2 Å². The minimum absolute atomic E-state index is 0.0255. The van der Waals surface area contributed by atoms with Crippen molar-refractivity contribution < 1.29 is 14.1 Å². The Labute approximate surface area is 193 Å². The maximum Gasteiger partial charge on any atom is 0.254 e. The molecule has 0 aliphatic carbocycles. The van der Waals surface area contributed by atoms with Gasteiger partial charge in [0.2, 0.25) is 5.88 Å². The first-order valence-electron chi connectivity index (χ1n) is 10.9. The molecular formula is C25H29N3O3S. The number of nitrogens with zero attached hydrogens (tertiary/aromatic N) is 3. The predicted molar refractivity (Wildman–Crippen MR) is 129 cm³/mol. The van der Waals surface area contributed by atoms with Crippen LogP contribution in [0.2, 0.25) is 0 Å². The van der Waals surface area contributed by atoms with Crippen LogP contribution in [0, 0.1) is 6.92 Å². The Balaban J connectivity index is 1.70. The molecule has 168 valence electrons. The van der Waals surface area contributed by atoms with Gasteiger partial charge in [-0.15, -0.1) is 0 Å². The maximum absolute atomic E-state index is 13.4. The Hall–Kier alpha value is -2.77. The second kappa shape index (κ2) is 10.7. The summed E-state index contributed by atoms with van der Waals surface area (Å²) < 4.78 is 11.2. The molecule has 0 bridgehead atoms. The summed E-state index contributed by atoms with van der Waals surface area (Å²) in [5.74, 6) is 2.85. The van der Waals surface area contributed by atoms with Crippen molar-refractivity contribution >= 4 is 23.6 Å². The molecule has 6 nitrogen and oxygen atoms in total. The van der Waals surface area contributed by atoms with E-state index >= 15 is 0 Å². The highest BCUT2D eigenvalue weighted by Gasteiger charge is 2.27. The quantitative estimate of drug-likeness (QED) is 0.503. The molecule has 1 saturated heterocycles. The fourth-order valence-electron chi connectivity index (χ4n) is 3.80. The van der Waals surface area contributed by atoms with Crippen molar-refractivity contribution in [1.29, 1.82) is 0 Å². The van der Waals surface area contributed by atoms with Crippen LogP contribution in [0.25, 0.3) is 11.3 Å². The zero-order chi connectivity index (χ0) is 22.3. The van der Waals surface area contributed by atoms with Crippen molar-refractivity contribution in [3.05, 3.63) is 71.3 Å². The zero-order valence-corrected chi connectivity index (χ0v) is 19.4. The Morgan fingerprint density at radius 1 is 1.12 bits per heavy atom. The molecule has 1 aliphatic heterocycles. The second-order valence-electron chi connectivity index (χ2n) is 7.87. The molecule has 4 rings (SSSR count). The third-order valence-electron chi connectivity index (χ3n) is 5.61. The van der Waals surface area contributed by atoms with Gasteiger partial charge in [-0.2, -0.15) is 11.8 Å². The lowest BCUT2D eigenvalue weighted by Gasteiger charge is -2.28. The molecular weight excluding hydrogens is 422 g/mol. The predicted octanol–water partition coefficient (Wildman–Crippen LogP) is 4.49. The smallest absolute Gasteiger partial charge is 0.254 e. The molecule has 1 amide bonds. The van der Waals surface area contributed by atoms with Gasteiger partial charge in [-0.25, -0.2) is 0 Å². The number of hydrogen-bond acceptors (Lipinski definition) is 6. The van der Waals surface area contributed by atoms with Gasteiger partial charge in [-0.05, 0) is 19.1 Å². The van der Waals surface area contributed by atoms with Crippen LogP contribution in [-0.2, 0) is 11.3 Å². The van der Waals surface area contributed by atoms with Crippen molar-refractivity contribution in [1.82, 2.24) is 10.1 Å². The molecule has 2 heterocycles. The standard InChI is InChI=1S/C25H29N3O3S/c1-19-8-10-21(11-9-19)24(29)28(12-15-30-2)18-22-23(20-6-4-3-5-7-20)26-31-25(22)27-13-16-32-17-14-27/h3-11H,12-18H2,1-2H3. The first-order valence-corrected chi connectivity index (χ1v) is 12.0. The SMILES string of the molecule is COCCN(Cc1c(-c2ccccc2)noc1N1CCSCC1)C(=O)c1ccc(C)cc1. The van der Waals surface area contributed by atoms with Gasteiger partial charge in [0, 0.05) is 49.4 Å². The molecule has 0 atom stereocenters. The van der Waals surface area contributed by atoms with Gasteiger partial charge in [0.1, 0.15) is 5.69 Å². The number of carbonyl (C=O) groups is 1. The van der Waals surface area contributed by atoms with E-state index in [-0.39, 0.29) is 5.91 Å². The first-order chi connectivity index (χ1) is 15.7. The molecule has 3 aromatic rings. The third kappa shape index (κ3) is 5.16. The number of amides is 1. The van der Waals surface area contributed by atoms with Gasteiger partial charge in [-0.3, -0.25) is 4.79 Å². The number of methoxy groups -OCH3 is 1. The average molecular weight is 452 g/mol. The number of benzene rings is 2. The van der Waals surface area contributed by atoms with E-state index in [9.17, 15) is 4.79 Å². The fraction of sp³-hybridized carbons (Fsp3) is 0.360. The molecule has 0 spiro atoms. The number of rotatable bonds is 8. The van der Waals surface area contributed by atoms with E-state index in [0.29, 0.717) is 25.3 Å². The first kappa shape index (κ1) is 22.4. The highest BCUT2D eigenvalue weighted by atomic mass is 32.2. The number of carbonyl (C=O) groups excluding carboxylic acids is 1. The van der Waals surface area contributed by atoms with Gasteiger partial charge in [0.05, 0.1) is 18.7 Å². The topological polar surface area (TPSA) is 58.8 Å². The van der Waals surface area contributed by atoms with E-state index in [2.05, 4.69) is 10.1 Å². The number of aromatic nitrogens is 1. The molecule has 7 heteroatoms. The van der Waals surface area contributed by atoms with E-state index in [4.69, 9.17) is 9.26 Å². The summed E-state index contributed by atoms with van der Waals surface area (Å²) in [6.07, 6.45) is 0. The van der Waals surface area contributed by atoms with Crippen LogP contribution in [0.15, 0.2) is 59.1 Å². The van der Waals surface area contributed by atoms with Gasteiger partial charge in [0.15, 0.2) is 0 Å². The normalized spacial score (nSPS) is 13.9. The number of ether oxygens (including phenoxy) is 1. The summed E-state index contributed by atoms with van der Waals surface area (Å²) in [6, 6.07) is 17.7. The van der Waals surface area contributed by atoms with Crippen LogP contribution < -0.4 is 4.90 Å². The van der Waals surface area contributed by atoms with Crippen molar-refractivity contribution in [2.75, 3.05) is 49.8 Å². The Kier molecular flexibility index (Phi) is 7.50. The lowest BCUT2D eigenvalue weighted by Crippen LogP contribution is -2.36. The minimum atomic E-state index is -0.0255. The zero-order valence-electron chi connectivity index (χ0n) is 18.6. The molecule has 1 fully saturated rings. The summed E-state index contributed by atoms with van der Waals surface area (Å²) in [5, 5.41) is 4.45. The summed E-state index contributed by atoms with van der Waals surface area (Å²) in [4.78, 5) is 17.5. The fourth-order valence-corrected chi connectivity index (χ4v) is 4.71. The molecule has 0 unspecified atom stereocenters. The minimum Gasteiger partial charge on any atom is -0.383 e. The van der Waals surface area contributed by atoms with Crippen LogP contribution >= 0.6 is 11.8 Å². The van der Waals surface area contributed by atoms with Gasteiger partial charge >= 0.3 is 0 Å². The van der Waals surface area contributed by atoms with Crippen LogP contribution in [0.1, 0.15) is 21.5 Å². The van der Waals surface area contributed by atoms with Gasteiger partial charge in [-0.1, -0.05) is 53.2 Å². The van der Waals surface area contributed by atoms with E-state index in [0.717, 1.165) is 52.9 Å². The van der Waals surface area contributed by atoms with Crippen LogP contribution in [0.5, 0.6) is 0 Å². The number of thioether (sulfide) groups is 1. The highest BCUT2D eigenvalue weighted by molar-refractivity contribution is 7.99. The molecule has 0 radical (unpaired) electrons. The van der Waals surface area contributed by atoms with Crippen molar-refractivity contribution in [3.63, 3.8) is 0 Å². The molecule has 0 N–H and O–H groups in total. The highest BCUT2D eigenvalue weighted by Crippen LogP contribution is 2.34. The average Bonchev–Trinajstić information content (AvgIpc) is 3.26. The molecule has 1 aromatic heterocycles. The monoisotopic (exact) mass is 451 g/mol. The van der Waals surface area contributed by atoms with Crippen LogP contribution in [0.4, 0.5) is 5.88 Å². The number of anilines is 1. The Bertz CT molecular complexity index is 1010. The van der Waals surface area contributed by atoms with Crippen LogP contribution in [-0.4, -0.2) is 60.8 Å². The third-order valence-corrected chi connectivity index (χ3v) is 6.56. The number of aryl methyl sites for hydroxylation is 1. The lowest BCUT2D eigenvalue weighted by atomic mass is 10.1. The summed E-state index contributed by atoms with van der Waals surface area (Å²) >= 11 is 1.95. The van der Waals surface area contributed by atoms with Crippen LogP contribution in [0.3, 0.4) is 0 Å². The summed E-state index contributed by atoms with van der Waals surface area (Å²) in [6.45, 7) is 5.18. The van der Waals surface area contributed by atoms with Gasteiger partial charge in [0.25, 0.3) is 5.91 Å². The molecule has 32 heavy (non-hydrogen) atoms. The van der Waals surface area contributed by atoms with E-state index in [1.165, 1.54) is 0 Å². The summed E-state index contributed by atoms with van der Waals surface area (Å²) in [5.41, 5.74) is 4.51.